The van der Waals surface area contributed by atoms with Gasteiger partial charge in [-0.2, -0.15) is 0 Å². The molecule has 2 unspecified atom stereocenters. The molecule has 1 heterocycles. The van der Waals surface area contributed by atoms with Gasteiger partial charge in [0, 0.05) is 0 Å². The minimum atomic E-state index is -2.84. The molecule has 3 nitrogen and oxygen atoms in total. The van der Waals surface area contributed by atoms with Gasteiger partial charge in [0.05, 0.1) is 17.6 Å². The van der Waals surface area contributed by atoms with Crippen LogP contribution in [0, 0.1) is 19.8 Å². The maximum atomic E-state index is 11.4. The van der Waals surface area contributed by atoms with Crippen molar-refractivity contribution in [2.45, 2.75) is 39.2 Å². The Hall–Kier alpha value is -0.870. The number of aliphatic hydroxyl groups excluding tert-OH is 1. The molecular formula is C15H22O3S. The van der Waals surface area contributed by atoms with Crippen LogP contribution >= 0.6 is 0 Å². The van der Waals surface area contributed by atoms with Crippen LogP contribution in [-0.4, -0.2) is 31.1 Å². The van der Waals surface area contributed by atoms with Crippen LogP contribution < -0.4 is 0 Å². The molecule has 0 spiro atoms. The summed E-state index contributed by atoms with van der Waals surface area (Å²) in [5.41, 5.74) is 3.60. The van der Waals surface area contributed by atoms with Crippen molar-refractivity contribution in [3.05, 3.63) is 34.9 Å². The van der Waals surface area contributed by atoms with Crippen LogP contribution in [0.3, 0.4) is 0 Å². The number of hydrogen-bond donors (Lipinski definition) is 1. The summed E-state index contributed by atoms with van der Waals surface area (Å²) in [5, 5.41) is 10.1. The summed E-state index contributed by atoms with van der Waals surface area (Å²) in [6.07, 6.45) is 1.45. The van der Waals surface area contributed by atoms with E-state index in [1.165, 1.54) is 11.1 Å². The molecule has 1 aliphatic heterocycles. The van der Waals surface area contributed by atoms with Crippen molar-refractivity contribution >= 4 is 9.84 Å². The smallest absolute Gasteiger partial charge is 0.150 e. The highest BCUT2D eigenvalue weighted by molar-refractivity contribution is 7.91. The van der Waals surface area contributed by atoms with Crippen molar-refractivity contribution in [2.24, 2.45) is 5.92 Å². The fourth-order valence-corrected chi connectivity index (χ4v) is 4.61. The highest BCUT2D eigenvalue weighted by Gasteiger charge is 2.29. The number of hydrogen-bond acceptors (Lipinski definition) is 3. The van der Waals surface area contributed by atoms with Gasteiger partial charge < -0.3 is 5.11 Å². The fraction of sp³-hybridized carbons (Fsp3) is 0.600. The van der Waals surface area contributed by atoms with E-state index in [2.05, 4.69) is 26.0 Å². The topological polar surface area (TPSA) is 54.4 Å². The SMILES string of the molecule is Cc1ccc(CC(O)CC2CCS(=O)(=O)C2)cc1C. The lowest BCUT2D eigenvalue weighted by atomic mass is 9.95. The summed E-state index contributed by atoms with van der Waals surface area (Å²) in [4.78, 5) is 0. The number of aliphatic hydroxyl groups is 1. The second-order valence-corrected chi connectivity index (χ2v) is 8.01. The van der Waals surface area contributed by atoms with Crippen LogP contribution in [0.2, 0.25) is 0 Å². The molecule has 2 atom stereocenters. The molecule has 0 amide bonds. The summed E-state index contributed by atoms with van der Waals surface area (Å²) in [6, 6.07) is 6.21. The second-order valence-electron chi connectivity index (χ2n) is 5.78. The van der Waals surface area contributed by atoms with E-state index in [1.807, 2.05) is 6.07 Å². The van der Waals surface area contributed by atoms with Crippen LogP contribution in [-0.2, 0) is 16.3 Å². The van der Waals surface area contributed by atoms with Gasteiger partial charge in [-0.25, -0.2) is 8.42 Å². The summed E-state index contributed by atoms with van der Waals surface area (Å²) >= 11 is 0. The van der Waals surface area contributed by atoms with Crippen LogP contribution in [0.5, 0.6) is 0 Å². The van der Waals surface area contributed by atoms with E-state index < -0.39 is 15.9 Å². The van der Waals surface area contributed by atoms with Crippen molar-refractivity contribution in [3.8, 4) is 0 Å². The molecule has 1 N–H and O–H groups in total. The molecule has 1 saturated heterocycles. The first-order valence-electron chi connectivity index (χ1n) is 6.80. The van der Waals surface area contributed by atoms with Crippen molar-refractivity contribution in [1.29, 1.82) is 0 Å². The van der Waals surface area contributed by atoms with Crippen molar-refractivity contribution in [2.75, 3.05) is 11.5 Å². The third-order valence-electron chi connectivity index (χ3n) is 3.97. The zero-order valence-electron chi connectivity index (χ0n) is 11.6. The van der Waals surface area contributed by atoms with Gasteiger partial charge in [0.25, 0.3) is 0 Å². The lowest BCUT2D eigenvalue weighted by molar-refractivity contribution is 0.147. The molecule has 1 aliphatic rings. The average molecular weight is 282 g/mol. The maximum Gasteiger partial charge on any atom is 0.150 e. The van der Waals surface area contributed by atoms with E-state index in [0.717, 1.165) is 5.56 Å². The number of sulfone groups is 1. The summed E-state index contributed by atoms with van der Waals surface area (Å²) in [7, 11) is -2.84. The van der Waals surface area contributed by atoms with E-state index >= 15 is 0 Å². The molecule has 0 bridgehead atoms. The number of aryl methyl sites for hydroxylation is 2. The Morgan fingerprint density at radius 1 is 1.32 bits per heavy atom. The van der Waals surface area contributed by atoms with Gasteiger partial charge in [0.2, 0.25) is 0 Å². The Morgan fingerprint density at radius 2 is 2.05 bits per heavy atom. The maximum absolute atomic E-state index is 11.4. The molecule has 4 heteroatoms. The zero-order chi connectivity index (χ0) is 14.0. The third kappa shape index (κ3) is 4.05. The Kier molecular flexibility index (Phi) is 4.31. The van der Waals surface area contributed by atoms with Gasteiger partial charge in [-0.15, -0.1) is 0 Å². The largest absolute Gasteiger partial charge is 0.393 e. The second kappa shape index (κ2) is 5.63. The van der Waals surface area contributed by atoms with E-state index in [9.17, 15) is 13.5 Å². The summed E-state index contributed by atoms with van der Waals surface area (Å²) in [5.74, 6) is 0.664. The first-order valence-corrected chi connectivity index (χ1v) is 8.62. The van der Waals surface area contributed by atoms with E-state index in [0.29, 0.717) is 19.3 Å². The van der Waals surface area contributed by atoms with Crippen molar-refractivity contribution < 1.29 is 13.5 Å². The zero-order valence-corrected chi connectivity index (χ0v) is 12.4. The number of benzene rings is 1. The number of rotatable bonds is 4. The third-order valence-corrected chi connectivity index (χ3v) is 5.81. The molecule has 1 aromatic rings. The molecule has 0 aromatic heterocycles. The molecule has 2 rings (SSSR count). The first kappa shape index (κ1) is 14.5. The highest BCUT2D eigenvalue weighted by atomic mass is 32.2. The lowest BCUT2D eigenvalue weighted by Crippen LogP contribution is -2.17. The monoisotopic (exact) mass is 282 g/mol. The highest BCUT2D eigenvalue weighted by Crippen LogP contribution is 2.24. The van der Waals surface area contributed by atoms with E-state index in [4.69, 9.17) is 0 Å². The van der Waals surface area contributed by atoms with Gasteiger partial charge in [0.15, 0.2) is 9.84 Å². The molecule has 1 aromatic carbocycles. The van der Waals surface area contributed by atoms with Crippen molar-refractivity contribution in [3.63, 3.8) is 0 Å². The summed E-state index contributed by atoms with van der Waals surface area (Å²) < 4.78 is 22.8. The lowest BCUT2D eigenvalue weighted by Gasteiger charge is -2.15. The van der Waals surface area contributed by atoms with Gasteiger partial charge in [0.1, 0.15) is 0 Å². The van der Waals surface area contributed by atoms with Crippen LogP contribution in [0.25, 0.3) is 0 Å². The molecular weight excluding hydrogens is 260 g/mol. The van der Waals surface area contributed by atoms with E-state index in [-0.39, 0.29) is 17.4 Å². The van der Waals surface area contributed by atoms with Crippen molar-refractivity contribution in [1.82, 2.24) is 0 Å². The standard InChI is InChI=1S/C15H22O3S/c1-11-3-4-13(7-12(11)2)8-15(16)9-14-5-6-19(17,18)10-14/h3-4,7,14-16H,5-6,8-10H2,1-2H3. The Bertz CT molecular complexity index is 549. The molecule has 0 radical (unpaired) electrons. The average Bonchev–Trinajstić information content (AvgIpc) is 2.63. The fourth-order valence-electron chi connectivity index (χ4n) is 2.73. The predicted octanol–water partition coefficient (Wildman–Crippen LogP) is 2.03. The minimum Gasteiger partial charge on any atom is -0.393 e. The van der Waals surface area contributed by atoms with Gasteiger partial charge in [-0.3, -0.25) is 0 Å². The normalized spacial score (nSPS) is 23.4. The van der Waals surface area contributed by atoms with E-state index in [1.54, 1.807) is 0 Å². The predicted molar refractivity (Wildman–Crippen MR) is 77.0 cm³/mol. The van der Waals surface area contributed by atoms with Crippen LogP contribution in [0.15, 0.2) is 18.2 Å². The molecule has 106 valence electrons. The van der Waals surface area contributed by atoms with Crippen LogP contribution in [0.1, 0.15) is 29.5 Å². The summed E-state index contributed by atoms with van der Waals surface area (Å²) in [6.45, 7) is 4.13. The molecule has 0 aliphatic carbocycles. The quantitative estimate of drug-likeness (QED) is 0.919. The minimum absolute atomic E-state index is 0.131. The van der Waals surface area contributed by atoms with Gasteiger partial charge in [-0.05, 0) is 55.7 Å². The first-order chi connectivity index (χ1) is 8.85. The van der Waals surface area contributed by atoms with Gasteiger partial charge in [-0.1, -0.05) is 18.2 Å². The Morgan fingerprint density at radius 3 is 2.63 bits per heavy atom. The Balaban J connectivity index is 1.91. The molecule has 0 saturated carbocycles. The van der Waals surface area contributed by atoms with Gasteiger partial charge >= 0.3 is 0 Å². The molecule has 19 heavy (non-hydrogen) atoms. The Labute approximate surface area is 115 Å². The van der Waals surface area contributed by atoms with Crippen LogP contribution in [0.4, 0.5) is 0 Å². The molecule has 1 fully saturated rings.